The van der Waals surface area contributed by atoms with Crippen molar-refractivity contribution < 1.29 is 18.3 Å². The van der Waals surface area contributed by atoms with Crippen molar-refractivity contribution in [2.75, 3.05) is 39.0 Å². The summed E-state index contributed by atoms with van der Waals surface area (Å²) in [5, 5.41) is 9.83. The predicted octanol–water partition coefficient (Wildman–Crippen LogP) is -0.0147. The molecule has 1 amide bonds. The van der Waals surface area contributed by atoms with Gasteiger partial charge in [0.2, 0.25) is 5.91 Å². The zero-order valence-electron chi connectivity index (χ0n) is 12.7. The van der Waals surface area contributed by atoms with Crippen LogP contribution in [0.5, 0.6) is 0 Å². The lowest BCUT2D eigenvalue weighted by molar-refractivity contribution is -0.131. The van der Waals surface area contributed by atoms with Crippen molar-refractivity contribution in [2.45, 2.75) is 17.4 Å². The van der Waals surface area contributed by atoms with E-state index in [2.05, 4.69) is 0 Å². The van der Waals surface area contributed by atoms with Gasteiger partial charge in [-0.2, -0.15) is 0 Å². The molecule has 7 heteroatoms. The van der Waals surface area contributed by atoms with Gasteiger partial charge in [0.1, 0.15) is 0 Å². The summed E-state index contributed by atoms with van der Waals surface area (Å²) in [7, 11) is -1.56. The number of amides is 1. The summed E-state index contributed by atoms with van der Waals surface area (Å²) in [6.45, 7) is 1.96. The predicted molar refractivity (Wildman–Crippen MR) is 83.2 cm³/mol. The minimum atomic E-state index is -3.45. The zero-order chi connectivity index (χ0) is 16.2. The molecule has 0 bridgehead atoms. The number of aliphatic hydroxyl groups excluding tert-OH is 1. The number of sulfone groups is 1. The lowest BCUT2D eigenvalue weighted by atomic mass is 10.3. The molecule has 0 saturated carbocycles. The van der Waals surface area contributed by atoms with Crippen LogP contribution in [0.4, 0.5) is 0 Å². The lowest BCUT2D eigenvalue weighted by Gasteiger charge is -2.21. The Morgan fingerprint density at radius 2 is 1.91 bits per heavy atom. The van der Waals surface area contributed by atoms with Gasteiger partial charge in [0.15, 0.2) is 9.84 Å². The van der Waals surface area contributed by atoms with Crippen LogP contribution < -0.4 is 0 Å². The van der Waals surface area contributed by atoms with Gasteiger partial charge in [0.25, 0.3) is 0 Å². The molecule has 0 aromatic heterocycles. The van der Waals surface area contributed by atoms with Gasteiger partial charge in [0, 0.05) is 32.6 Å². The molecule has 1 N–H and O–H groups in total. The molecule has 122 valence electrons. The second kappa shape index (κ2) is 7.21. The molecular formula is C15H22N2O4S. The van der Waals surface area contributed by atoms with Gasteiger partial charge in [-0.1, -0.05) is 18.2 Å². The minimum Gasteiger partial charge on any atom is -0.390 e. The van der Waals surface area contributed by atoms with Gasteiger partial charge in [-0.3, -0.25) is 4.79 Å². The summed E-state index contributed by atoms with van der Waals surface area (Å²) in [5.41, 5.74) is 0. The van der Waals surface area contributed by atoms with Gasteiger partial charge >= 0.3 is 0 Å². The molecule has 1 aliphatic heterocycles. The maximum Gasteiger partial charge on any atom is 0.223 e. The topological polar surface area (TPSA) is 77.9 Å². The molecule has 1 saturated heterocycles. The SMILES string of the molecule is CN1CCN(C(=O)CCS(=O)(=O)c2ccccc2)CC(O)C1. The van der Waals surface area contributed by atoms with Gasteiger partial charge in [-0.15, -0.1) is 0 Å². The van der Waals surface area contributed by atoms with Crippen LogP contribution in [0.25, 0.3) is 0 Å². The van der Waals surface area contributed by atoms with E-state index in [0.29, 0.717) is 19.6 Å². The summed E-state index contributed by atoms with van der Waals surface area (Å²) < 4.78 is 24.4. The van der Waals surface area contributed by atoms with E-state index < -0.39 is 15.9 Å². The molecule has 22 heavy (non-hydrogen) atoms. The molecule has 6 nitrogen and oxygen atoms in total. The van der Waals surface area contributed by atoms with Gasteiger partial charge < -0.3 is 14.9 Å². The molecule has 1 heterocycles. The van der Waals surface area contributed by atoms with Crippen molar-refractivity contribution in [3.05, 3.63) is 30.3 Å². The monoisotopic (exact) mass is 326 g/mol. The zero-order valence-corrected chi connectivity index (χ0v) is 13.5. The number of carbonyl (C=O) groups excluding carboxylic acids is 1. The molecule has 1 atom stereocenters. The first kappa shape index (κ1) is 16.9. The van der Waals surface area contributed by atoms with Crippen molar-refractivity contribution in [3.63, 3.8) is 0 Å². The molecule has 1 aromatic rings. The molecule has 1 unspecified atom stereocenters. The van der Waals surface area contributed by atoms with E-state index in [9.17, 15) is 18.3 Å². The number of hydrogen-bond acceptors (Lipinski definition) is 5. The van der Waals surface area contributed by atoms with E-state index in [1.807, 2.05) is 11.9 Å². The van der Waals surface area contributed by atoms with E-state index in [-0.39, 0.29) is 29.5 Å². The summed E-state index contributed by atoms with van der Waals surface area (Å²) in [6, 6.07) is 8.14. The molecule has 1 fully saturated rings. The third-order valence-corrected chi connectivity index (χ3v) is 5.48. The highest BCUT2D eigenvalue weighted by molar-refractivity contribution is 7.91. The quantitative estimate of drug-likeness (QED) is 0.842. The number of rotatable bonds is 4. The fraction of sp³-hybridized carbons (Fsp3) is 0.533. The second-order valence-electron chi connectivity index (χ2n) is 5.64. The summed E-state index contributed by atoms with van der Waals surface area (Å²) >= 11 is 0. The average molecular weight is 326 g/mol. The van der Waals surface area contributed by atoms with Gasteiger partial charge in [-0.05, 0) is 19.2 Å². The highest BCUT2D eigenvalue weighted by Gasteiger charge is 2.24. The molecule has 1 aromatic carbocycles. The van der Waals surface area contributed by atoms with Crippen LogP contribution in [0.3, 0.4) is 0 Å². The second-order valence-corrected chi connectivity index (χ2v) is 7.75. The Morgan fingerprint density at radius 1 is 1.23 bits per heavy atom. The summed E-state index contributed by atoms with van der Waals surface area (Å²) in [6.07, 6.45) is -0.657. The Balaban J connectivity index is 1.95. The molecule has 2 rings (SSSR count). The summed E-state index contributed by atoms with van der Waals surface area (Å²) in [5.74, 6) is -0.438. The third kappa shape index (κ3) is 4.53. The largest absolute Gasteiger partial charge is 0.390 e. The van der Waals surface area contributed by atoms with E-state index in [1.54, 1.807) is 23.1 Å². The maximum atomic E-state index is 12.2. The number of nitrogens with zero attached hydrogens (tertiary/aromatic N) is 2. The number of carbonyl (C=O) groups is 1. The Labute approximate surface area is 131 Å². The van der Waals surface area contributed by atoms with Crippen LogP contribution in [0.1, 0.15) is 6.42 Å². The number of β-amino-alcohol motifs (C(OH)–C–C–N with tert-alkyl or cyclic N) is 1. The van der Waals surface area contributed by atoms with Crippen LogP contribution in [0.15, 0.2) is 35.2 Å². The minimum absolute atomic E-state index is 0.0618. The standard InChI is InChI=1S/C15H22N2O4S/c1-16-8-9-17(12-13(18)11-16)15(19)7-10-22(20,21)14-5-3-2-4-6-14/h2-6,13,18H,7-12H2,1H3. The van der Waals surface area contributed by atoms with E-state index >= 15 is 0 Å². The molecule has 1 aliphatic rings. The van der Waals surface area contributed by atoms with E-state index in [0.717, 1.165) is 0 Å². The van der Waals surface area contributed by atoms with Crippen molar-refractivity contribution >= 4 is 15.7 Å². The van der Waals surface area contributed by atoms with Crippen molar-refractivity contribution in [1.82, 2.24) is 9.80 Å². The number of aliphatic hydroxyl groups is 1. The van der Waals surface area contributed by atoms with Crippen LogP contribution >= 0.6 is 0 Å². The first-order valence-electron chi connectivity index (χ1n) is 7.30. The molecule has 0 aliphatic carbocycles. The first-order chi connectivity index (χ1) is 10.4. The normalized spacial score (nSPS) is 20.6. The highest BCUT2D eigenvalue weighted by Crippen LogP contribution is 2.12. The Hall–Kier alpha value is -1.44. The smallest absolute Gasteiger partial charge is 0.223 e. The van der Waals surface area contributed by atoms with E-state index in [4.69, 9.17) is 0 Å². The third-order valence-electron chi connectivity index (χ3n) is 3.74. The van der Waals surface area contributed by atoms with Crippen molar-refractivity contribution in [1.29, 1.82) is 0 Å². The van der Waals surface area contributed by atoms with Crippen molar-refractivity contribution in [2.24, 2.45) is 0 Å². The maximum absolute atomic E-state index is 12.2. The Morgan fingerprint density at radius 3 is 2.59 bits per heavy atom. The van der Waals surface area contributed by atoms with Gasteiger partial charge in [-0.25, -0.2) is 8.42 Å². The number of hydrogen-bond donors (Lipinski definition) is 1. The summed E-state index contributed by atoms with van der Waals surface area (Å²) in [4.78, 5) is 16.0. The van der Waals surface area contributed by atoms with Crippen molar-refractivity contribution in [3.8, 4) is 0 Å². The van der Waals surface area contributed by atoms with E-state index in [1.165, 1.54) is 12.1 Å². The van der Waals surface area contributed by atoms with Crippen LogP contribution in [0, 0.1) is 0 Å². The fourth-order valence-electron chi connectivity index (χ4n) is 2.50. The first-order valence-corrected chi connectivity index (χ1v) is 8.96. The number of benzene rings is 1. The Kier molecular flexibility index (Phi) is 5.55. The van der Waals surface area contributed by atoms with Crippen LogP contribution in [-0.2, 0) is 14.6 Å². The Bertz CT molecular complexity index is 603. The molecular weight excluding hydrogens is 304 g/mol. The lowest BCUT2D eigenvalue weighted by Crippen LogP contribution is -2.38. The van der Waals surface area contributed by atoms with Crippen LogP contribution in [0.2, 0.25) is 0 Å². The number of likely N-dealkylation sites (N-methyl/N-ethyl adjacent to an activating group) is 1. The van der Waals surface area contributed by atoms with Gasteiger partial charge in [0.05, 0.1) is 16.8 Å². The fourth-order valence-corrected chi connectivity index (χ4v) is 3.75. The molecule has 0 spiro atoms. The van der Waals surface area contributed by atoms with Crippen LogP contribution in [-0.4, -0.2) is 74.3 Å². The average Bonchev–Trinajstić information content (AvgIpc) is 2.66. The highest BCUT2D eigenvalue weighted by atomic mass is 32.2. The molecule has 0 radical (unpaired) electrons.